The number of hydrogen-bond acceptors (Lipinski definition) is 3. The van der Waals surface area contributed by atoms with Gasteiger partial charge < -0.3 is 5.32 Å². The Kier molecular flexibility index (Phi) is 5.77. The summed E-state index contributed by atoms with van der Waals surface area (Å²) in [6, 6.07) is 4.86. The van der Waals surface area contributed by atoms with Gasteiger partial charge in [0, 0.05) is 12.1 Å². The van der Waals surface area contributed by atoms with Crippen molar-refractivity contribution in [3.05, 3.63) is 35.4 Å². The Morgan fingerprint density at radius 3 is 2.18 bits per heavy atom. The minimum atomic E-state index is -5.21. The summed E-state index contributed by atoms with van der Waals surface area (Å²) >= 11 is 0. The maximum absolute atomic E-state index is 13.8. The van der Waals surface area contributed by atoms with E-state index in [4.69, 9.17) is 0 Å². The first-order valence-corrected chi connectivity index (χ1v) is 8.97. The Morgan fingerprint density at radius 2 is 1.71 bits per heavy atom. The van der Waals surface area contributed by atoms with Crippen LogP contribution in [-0.4, -0.2) is 41.1 Å². The molecule has 1 saturated heterocycles. The minimum absolute atomic E-state index is 0.0503. The Morgan fingerprint density at radius 1 is 1.14 bits per heavy atom. The molecule has 9 heteroatoms. The molecular formula is C19H24F3N3O3. The summed E-state index contributed by atoms with van der Waals surface area (Å²) in [5.74, 6) is -2.64. The van der Waals surface area contributed by atoms with E-state index in [0.717, 1.165) is 5.56 Å². The summed E-state index contributed by atoms with van der Waals surface area (Å²) in [7, 11) is 0. The van der Waals surface area contributed by atoms with Gasteiger partial charge >= 0.3 is 12.2 Å². The van der Waals surface area contributed by atoms with Crippen molar-refractivity contribution in [1.29, 1.82) is 0 Å². The van der Waals surface area contributed by atoms with Gasteiger partial charge in [-0.2, -0.15) is 13.2 Å². The third kappa shape index (κ3) is 3.98. The summed E-state index contributed by atoms with van der Waals surface area (Å²) < 4.78 is 41.3. The molecule has 1 aliphatic heterocycles. The number of unbranched alkanes of at least 4 members (excludes halogenated alkanes) is 1. The van der Waals surface area contributed by atoms with Gasteiger partial charge in [-0.15, -0.1) is 0 Å². The lowest BCUT2D eigenvalue weighted by Crippen LogP contribution is -2.69. The smallest absolute Gasteiger partial charge is 0.314 e. The standard InChI is InChI=1S/C19H24F3N3O3/c1-5-6-11-25-15(27)18(19(20,21)22,24-16(25)28)23-14(26)12-7-9-13(10-8-12)17(2,3)4/h7-10H,5-6,11H2,1-4H3,(H,23,26)(H,24,28). The number of urea groups is 1. The maximum atomic E-state index is 13.8. The number of nitrogens with zero attached hydrogens (tertiary/aromatic N) is 1. The highest BCUT2D eigenvalue weighted by Crippen LogP contribution is 2.34. The Labute approximate surface area is 161 Å². The second-order valence-electron chi connectivity index (χ2n) is 7.77. The highest BCUT2D eigenvalue weighted by atomic mass is 19.4. The predicted octanol–water partition coefficient (Wildman–Crippen LogP) is 3.32. The molecule has 1 heterocycles. The topological polar surface area (TPSA) is 78.5 Å². The van der Waals surface area contributed by atoms with Crippen molar-refractivity contribution in [2.45, 2.75) is 57.8 Å². The van der Waals surface area contributed by atoms with Crippen LogP contribution in [0.1, 0.15) is 56.5 Å². The number of amides is 4. The van der Waals surface area contributed by atoms with Gasteiger partial charge in [0.25, 0.3) is 17.5 Å². The zero-order valence-corrected chi connectivity index (χ0v) is 16.2. The van der Waals surface area contributed by atoms with Crippen LogP contribution >= 0.6 is 0 Å². The van der Waals surface area contributed by atoms with Crippen LogP contribution in [0.3, 0.4) is 0 Å². The molecule has 0 aliphatic carbocycles. The van der Waals surface area contributed by atoms with Crippen LogP contribution in [0.25, 0.3) is 0 Å². The lowest BCUT2D eigenvalue weighted by atomic mass is 9.86. The molecule has 0 saturated carbocycles. The van der Waals surface area contributed by atoms with E-state index in [1.54, 1.807) is 29.7 Å². The largest absolute Gasteiger partial charge is 0.440 e. The molecule has 1 aliphatic rings. The number of nitrogens with one attached hydrogen (secondary N) is 2. The molecule has 4 amide bonds. The van der Waals surface area contributed by atoms with E-state index < -0.39 is 29.7 Å². The quantitative estimate of drug-likeness (QED) is 0.746. The van der Waals surface area contributed by atoms with Gasteiger partial charge in [0.1, 0.15) is 0 Å². The molecule has 154 valence electrons. The summed E-state index contributed by atoms with van der Waals surface area (Å²) in [6.45, 7) is 7.49. The van der Waals surface area contributed by atoms with E-state index in [0.29, 0.717) is 17.7 Å². The SMILES string of the molecule is CCCCN1C(=O)NC(NC(=O)c2ccc(C(C)(C)C)cc2)(C(F)(F)F)C1=O. The number of carbonyl (C=O) groups is 3. The fourth-order valence-corrected chi connectivity index (χ4v) is 2.81. The molecule has 0 radical (unpaired) electrons. The van der Waals surface area contributed by atoms with E-state index in [-0.39, 0.29) is 17.5 Å². The van der Waals surface area contributed by atoms with Gasteiger partial charge in [-0.3, -0.25) is 19.8 Å². The van der Waals surface area contributed by atoms with Crippen LogP contribution in [0.4, 0.5) is 18.0 Å². The third-order valence-corrected chi connectivity index (χ3v) is 4.58. The van der Waals surface area contributed by atoms with Gasteiger partial charge in [0.15, 0.2) is 0 Å². The van der Waals surface area contributed by atoms with Gasteiger partial charge in [-0.25, -0.2) is 4.79 Å². The van der Waals surface area contributed by atoms with Crippen LogP contribution in [0.15, 0.2) is 24.3 Å². The van der Waals surface area contributed by atoms with Crippen LogP contribution in [-0.2, 0) is 10.2 Å². The monoisotopic (exact) mass is 399 g/mol. The van der Waals surface area contributed by atoms with Crippen LogP contribution in [0.2, 0.25) is 0 Å². The fourth-order valence-electron chi connectivity index (χ4n) is 2.81. The molecule has 6 nitrogen and oxygen atoms in total. The van der Waals surface area contributed by atoms with E-state index in [9.17, 15) is 27.6 Å². The van der Waals surface area contributed by atoms with Gasteiger partial charge in [0.05, 0.1) is 0 Å². The van der Waals surface area contributed by atoms with E-state index >= 15 is 0 Å². The second-order valence-corrected chi connectivity index (χ2v) is 7.77. The van der Waals surface area contributed by atoms with Crippen LogP contribution in [0.5, 0.6) is 0 Å². The van der Waals surface area contributed by atoms with E-state index in [2.05, 4.69) is 0 Å². The van der Waals surface area contributed by atoms with Crippen molar-refractivity contribution in [3.63, 3.8) is 0 Å². The molecule has 0 aromatic heterocycles. The normalized spacial score (nSPS) is 20.3. The highest BCUT2D eigenvalue weighted by molar-refractivity contribution is 6.10. The van der Waals surface area contributed by atoms with Gasteiger partial charge in [-0.05, 0) is 29.5 Å². The van der Waals surface area contributed by atoms with Crippen LogP contribution < -0.4 is 10.6 Å². The van der Waals surface area contributed by atoms with E-state index in [1.807, 2.05) is 20.8 Å². The van der Waals surface area contributed by atoms with Crippen molar-refractivity contribution in [3.8, 4) is 0 Å². The molecule has 0 bridgehead atoms. The molecule has 1 atom stereocenters. The number of alkyl halides is 3. The van der Waals surface area contributed by atoms with Crippen molar-refractivity contribution in [2.75, 3.05) is 6.54 Å². The predicted molar refractivity (Wildman–Crippen MR) is 96.5 cm³/mol. The number of carbonyl (C=O) groups excluding carboxylic acids is 3. The first-order valence-electron chi connectivity index (χ1n) is 8.97. The lowest BCUT2D eigenvalue weighted by Gasteiger charge is -2.30. The highest BCUT2D eigenvalue weighted by Gasteiger charge is 2.68. The average Bonchev–Trinajstić information content (AvgIpc) is 2.83. The first-order chi connectivity index (χ1) is 12.8. The molecule has 1 aromatic rings. The van der Waals surface area contributed by atoms with Crippen LogP contribution in [0, 0.1) is 0 Å². The zero-order chi connectivity index (χ0) is 21.3. The molecule has 2 rings (SSSR count). The minimum Gasteiger partial charge on any atom is -0.314 e. The molecule has 28 heavy (non-hydrogen) atoms. The van der Waals surface area contributed by atoms with Crippen molar-refractivity contribution in [1.82, 2.24) is 15.5 Å². The third-order valence-electron chi connectivity index (χ3n) is 4.58. The molecule has 0 spiro atoms. The molecule has 1 aromatic carbocycles. The molecule has 1 fully saturated rings. The molecular weight excluding hydrogens is 375 g/mol. The first kappa shape index (κ1) is 21.7. The molecule has 2 N–H and O–H groups in total. The Hall–Kier alpha value is -2.58. The average molecular weight is 399 g/mol. The second kappa shape index (κ2) is 7.44. The number of imide groups is 1. The van der Waals surface area contributed by atoms with Gasteiger partial charge in [-0.1, -0.05) is 46.2 Å². The lowest BCUT2D eigenvalue weighted by molar-refractivity contribution is -0.200. The molecule has 1 unspecified atom stereocenters. The fraction of sp³-hybridized carbons (Fsp3) is 0.526. The van der Waals surface area contributed by atoms with Gasteiger partial charge in [0.2, 0.25) is 0 Å². The van der Waals surface area contributed by atoms with Crippen molar-refractivity contribution < 1.29 is 27.6 Å². The summed E-state index contributed by atoms with van der Waals surface area (Å²) in [5, 5.41) is 3.34. The number of rotatable bonds is 5. The zero-order valence-electron chi connectivity index (χ0n) is 16.2. The van der Waals surface area contributed by atoms with Crippen molar-refractivity contribution in [2.24, 2.45) is 0 Å². The number of halogens is 3. The maximum Gasteiger partial charge on any atom is 0.440 e. The van der Waals surface area contributed by atoms with E-state index in [1.165, 1.54) is 12.1 Å². The Balaban J connectivity index is 2.32. The van der Waals surface area contributed by atoms with Crippen molar-refractivity contribution >= 4 is 17.8 Å². The Bertz CT molecular complexity index is 769. The summed E-state index contributed by atoms with van der Waals surface area (Å²) in [6.07, 6.45) is -4.26. The number of benzene rings is 1. The summed E-state index contributed by atoms with van der Waals surface area (Å²) in [4.78, 5) is 37.4. The number of hydrogen-bond donors (Lipinski definition) is 2. The summed E-state index contributed by atoms with van der Waals surface area (Å²) in [5.41, 5.74) is -2.83.